The van der Waals surface area contributed by atoms with E-state index in [4.69, 9.17) is 0 Å². The number of rotatable bonds is 8. The minimum atomic E-state index is -0.0551. The Kier molecular flexibility index (Phi) is 6.80. The number of hydrogen-bond acceptors (Lipinski definition) is 1. The molecule has 120 valence electrons. The lowest BCUT2D eigenvalue weighted by atomic mass is 9.73. The summed E-state index contributed by atoms with van der Waals surface area (Å²) in [4.78, 5) is 4.34. The number of nitrogens with zero attached hydrogens (tertiary/aromatic N) is 1. The van der Waals surface area contributed by atoms with Gasteiger partial charge in [0.05, 0.1) is 0 Å². The molecule has 1 heteroatoms. The Bertz CT molecular complexity index is 553. The Hall–Kier alpha value is -1.63. The maximum atomic E-state index is 4.34. The van der Waals surface area contributed by atoms with Gasteiger partial charge < -0.3 is 0 Å². The summed E-state index contributed by atoms with van der Waals surface area (Å²) in [5.74, 6) is 0.328. The topological polar surface area (TPSA) is 12.4 Å². The Morgan fingerprint density at radius 3 is 2.59 bits per heavy atom. The van der Waals surface area contributed by atoms with Crippen molar-refractivity contribution in [1.82, 2.24) is 0 Å². The predicted octanol–water partition coefficient (Wildman–Crippen LogP) is 6.02. The first kappa shape index (κ1) is 18.4. The van der Waals surface area contributed by atoms with E-state index in [1.165, 1.54) is 23.1 Å². The molecule has 0 aliphatic rings. The number of allylic oxidation sites excluding steroid dienone is 2. The Morgan fingerprint density at radius 1 is 1.41 bits per heavy atom. The van der Waals surface area contributed by atoms with E-state index >= 15 is 0 Å². The molecule has 1 aromatic rings. The third kappa shape index (κ3) is 4.43. The molecule has 2 unspecified atom stereocenters. The lowest BCUT2D eigenvalue weighted by molar-refractivity contribution is 0.452. The third-order valence-electron chi connectivity index (χ3n) is 4.49. The first-order valence-corrected chi connectivity index (χ1v) is 8.29. The monoisotopic (exact) mass is 297 g/mol. The molecule has 1 nitrogen and oxygen atoms in total. The zero-order valence-corrected chi connectivity index (χ0v) is 14.9. The van der Waals surface area contributed by atoms with Gasteiger partial charge in [-0.25, -0.2) is 0 Å². The summed E-state index contributed by atoms with van der Waals surface area (Å²) in [6.45, 7) is 19.0. The molecule has 0 spiro atoms. The SMILES string of the molecule is C=CC(C)(CC(C)C(=C)/N=C/C)c1ccc(CCC)cc1C. The molecule has 0 fully saturated rings. The summed E-state index contributed by atoms with van der Waals surface area (Å²) in [5, 5.41) is 0. The number of aliphatic imine (C=N–C) groups is 1. The molecule has 0 saturated carbocycles. The average molecular weight is 297 g/mol. The molecule has 0 amide bonds. The lowest BCUT2D eigenvalue weighted by Crippen LogP contribution is -2.23. The maximum Gasteiger partial charge on any atom is 0.0356 e. The fraction of sp³-hybridized carbons (Fsp3) is 0.476. The zero-order chi connectivity index (χ0) is 16.8. The van der Waals surface area contributed by atoms with Gasteiger partial charge in [0.2, 0.25) is 0 Å². The van der Waals surface area contributed by atoms with Gasteiger partial charge in [-0.1, -0.05) is 58.0 Å². The predicted molar refractivity (Wildman–Crippen MR) is 99.8 cm³/mol. The van der Waals surface area contributed by atoms with Crippen molar-refractivity contribution >= 4 is 6.21 Å². The first-order chi connectivity index (χ1) is 10.4. The van der Waals surface area contributed by atoms with Crippen molar-refractivity contribution in [2.45, 2.75) is 59.3 Å². The van der Waals surface area contributed by atoms with Crippen molar-refractivity contribution in [3.8, 4) is 0 Å². The van der Waals surface area contributed by atoms with Crippen LogP contribution in [0.25, 0.3) is 0 Å². The van der Waals surface area contributed by atoms with Crippen LogP contribution in [0.4, 0.5) is 0 Å². The smallest absolute Gasteiger partial charge is 0.0356 e. The summed E-state index contributed by atoms with van der Waals surface area (Å²) in [5.41, 5.74) is 5.02. The van der Waals surface area contributed by atoms with Crippen molar-refractivity contribution in [2.75, 3.05) is 0 Å². The second-order valence-electron chi connectivity index (χ2n) is 6.50. The van der Waals surface area contributed by atoms with Crippen LogP contribution in [0.3, 0.4) is 0 Å². The molecule has 0 bridgehead atoms. The van der Waals surface area contributed by atoms with E-state index in [1.807, 2.05) is 13.1 Å². The van der Waals surface area contributed by atoms with E-state index in [0.29, 0.717) is 5.92 Å². The minimum Gasteiger partial charge on any atom is -0.266 e. The molecule has 0 aliphatic carbocycles. The van der Waals surface area contributed by atoms with Crippen LogP contribution >= 0.6 is 0 Å². The number of benzene rings is 1. The van der Waals surface area contributed by atoms with E-state index in [0.717, 1.165) is 18.5 Å². The Morgan fingerprint density at radius 2 is 2.09 bits per heavy atom. The highest BCUT2D eigenvalue weighted by molar-refractivity contribution is 5.55. The third-order valence-corrected chi connectivity index (χ3v) is 4.49. The van der Waals surface area contributed by atoms with Crippen molar-refractivity contribution in [3.63, 3.8) is 0 Å². The van der Waals surface area contributed by atoms with Gasteiger partial charge in [0.15, 0.2) is 0 Å². The van der Waals surface area contributed by atoms with Crippen LogP contribution in [-0.2, 0) is 11.8 Å². The minimum absolute atomic E-state index is 0.0551. The van der Waals surface area contributed by atoms with Gasteiger partial charge in [-0.05, 0) is 49.3 Å². The molecule has 0 radical (unpaired) electrons. The quantitative estimate of drug-likeness (QED) is 0.411. The van der Waals surface area contributed by atoms with Gasteiger partial charge in [0, 0.05) is 17.3 Å². The normalized spacial score (nSPS) is 15.5. The average Bonchev–Trinajstić information content (AvgIpc) is 2.47. The molecule has 2 atom stereocenters. The molecular weight excluding hydrogens is 266 g/mol. The van der Waals surface area contributed by atoms with Crippen molar-refractivity contribution in [3.05, 3.63) is 59.8 Å². The van der Waals surface area contributed by atoms with E-state index < -0.39 is 0 Å². The summed E-state index contributed by atoms with van der Waals surface area (Å²) in [6, 6.07) is 6.86. The van der Waals surface area contributed by atoms with Crippen LogP contribution in [-0.4, -0.2) is 6.21 Å². The molecule has 22 heavy (non-hydrogen) atoms. The standard InChI is InChI=1S/C21H31N/c1-8-11-19-12-13-20(16(4)14-19)21(7,9-2)15-17(5)18(6)22-10-3/h9-10,12-14,17H,2,6,8,11,15H2,1,3-5,7H3/b22-10+. The molecule has 1 rings (SSSR count). The second-order valence-corrected chi connectivity index (χ2v) is 6.50. The van der Waals surface area contributed by atoms with Crippen LogP contribution in [0.1, 0.15) is 57.2 Å². The number of aryl methyl sites for hydroxylation is 2. The fourth-order valence-corrected chi connectivity index (χ4v) is 3.16. The van der Waals surface area contributed by atoms with Gasteiger partial charge in [-0.3, -0.25) is 4.99 Å². The lowest BCUT2D eigenvalue weighted by Gasteiger charge is -2.31. The molecule has 0 saturated heterocycles. The molecule has 0 aliphatic heterocycles. The first-order valence-electron chi connectivity index (χ1n) is 8.29. The summed E-state index contributed by atoms with van der Waals surface area (Å²) in [6.07, 6.45) is 7.19. The highest BCUT2D eigenvalue weighted by Crippen LogP contribution is 2.36. The highest BCUT2D eigenvalue weighted by Gasteiger charge is 2.27. The van der Waals surface area contributed by atoms with Crippen LogP contribution in [0, 0.1) is 12.8 Å². The molecule has 1 aromatic carbocycles. The summed E-state index contributed by atoms with van der Waals surface area (Å²) < 4.78 is 0. The van der Waals surface area contributed by atoms with Crippen LogP contribution < -0.4 is 0 Å². The van der Waals surface area contributed by atoms with E-state index in [9.17, 15) is 0 Å². The largest absolute Gasteiger partial charge is 0.266 e. The van der Waals surface area contributed by atoms with Crippen LogP contribution in [0.2, 0.25) is 0 Å². The molecule has 0 N–H and O–H groups in total. The van der Waals surface area contributed by atoms with Crippen LogP contribution in [0.15, 0.2) is 48.1 Å². The summed E-state index contributed by atoms with van der Waals surface area (Å²) >= 11 is 0. The van der Waals surface area contributed by atoms with Crippen molar-refractivity contribution < 1.29 is 0 Å². The van der Waals surface area contributed by atoms with E-state index in [1.54, 1.807) is 0 Å². The Labute approximate surface area is 136 Å². The van der Waals surface area contributed by atoms with Gasteiger partial charge in [0.25, 0.3) is 0 Å². The molecule has 0 heterocycles. The van der Waals surface area contributed by atoms with Gasteiger partial charge in [-0.2, -0.15) is 0 Å². The highest BCUT2D eigenvalue weighted by atomic mass is 14.7. The molecular formula is C21H31N. The van der Waals surface area contributed by atoms with E-state index in [2.05, 4.69) is 70.1 Å². The van der Waals surface area contributed by atoms with Gasteiger partial charge >= 0.3 is 0 Å². The second kappa shape index (κ2) is 8.12. The van der Waals surface area contributed by atoms with Gasteiger partial charge in [-0.15, -0.1) is 6.58 Å². The fourth-order valence-electron chi connectivity index (χ4n) is 3.16. The zero-order valence-electron chi connectivity index (χ0n) is 14.9. The maximum absolute atomic E-state index is 4.34. The van der Waals surface area contributed by atoms with E-state index in [-0.39, 0.29) is 5.41 Å². The van der Waals surface area contributed by atoms with Gasteiger partial charge in [0.1, 0.15) is 0 Å². The van der Waals surface area contributed by atoms with Crippen molar-refractivity contribution in [2.24, 2.45) is 10.9 Å². The molecule has 0 aromatic heterocycles. The number of hydrogen-bond donors (Lipinski definition) is 0. The van der Waals surface area contributed by atoms with Crippen LogP contribution in [0.5, 0.6) is 0 Å². The Balaban J connectivity index is 3.07. The van der Waals surface area contributed by atoms with Crippen molar-refractivity contribution in [1.29, 1.82) is 0 Å². The summed E-state index contributed by atoms with van der Waals surface area (Å²) in [7, 11) is 0.